The first kappa shape index (κ1) is 16.4. The summed E-state index contributed by atoms with van der Waals surface area (Å²) in [6.07, 6.45) is 0. The molecule has 0 amide bonds. The van der Waals surface area contributed by atoms with E-state index in [0.717, 1.165) is 16.9 Å². The van der Waals surface area contributed by atoms with Gasteiger partial charge in [0.2, 0.25) is 0 Å². The largest absolute Gasteiger partial charge is 0.486 e. The van der Waals surface area contributed by atoms with Crippen LogP contribution in [-0.2, 0) is 6.61 Å². The fraction of sp³-hybridized carbons (Fsp3) is 0.0476. The molecule has 4 rings (SSSR count). The van der Waals surface area contributed by atoms with E-state index in [1.165, 1.54) is 17.4 Å². The van der Waals surface area contributed by atoms with E-state index >= 15 is 0 Å². The van der Waals surface area contributed by atoms with Crippen molar-refractivity contribution in [3.8, 4) is 27.4 Å². The summed E-state index contributed by atoms with van der Waals surface area (Å²) in [7, 11) is 0. The number of nitrogens with zero attached hydrogens (tertiary/aromatic N) is 2. The van der Waals surface area contributed by atoms with E-state index in [0.29, 0.717) is 22.2 Å². The summed E-state index contributed by atoms with van der Waals surface area (Å²) in [6, 6.07) is 24.6. The molecule has 0 saturated heterocycles. The molecule has 1 aromatic heterocycles. The van der Waals surface area contributed by atoms with E-state index in [2.05, 4.69) is 22.3 Å². The van der Waals surface area contributed by atoms with Crippen molar-refractivity contribution >= 4 is 11.3 Å². The quantitative estimate of drug-likeness (QED) is 0.464. The SMILES string of the molecule is Fc1ccccc1-c1nnc(COc2ccc(-c3ccccc3)cc2)s1. The Labute approximate surface area is 154 Å². The van der Waals surface area contributed by atoms with Crippen LogP contribution in [0.5, 0.6) is 5.75 Å². The highest BCUT2D eigenvalue weighted by atomic mass is 32.1. The molecule has 0 fully saturated rings. The van der Waals surface area contributed by atoms with Gasteiger partial charge in [-0.15, -0.1) is 10.2 Å². The molecule has 0 saturated carbocycles. The fourth-order valence-electron chi connectivity index (χ4n) is 2.57. The summed E-state index contributed by atoms with van der Waals surface area (Å²) in [6.45, 7) is 0.302. The number of halogens is 1. The lowest BCUT2D eigenvalue weighted by molar-refractivity contribution is 0.304. The highest BCUT2D eigenvalue weighted by Crippen LogP contribution is 2.27. The van der Waals surface area contributed by atoms with E-state index < -0.39 is 0 Å². The minimum Gasteiger partial charge on any atom is -0.486 e. The lowest BCUT2D eigenvalue weighted by atomic mass is 10.1. The zero-order valence-corrected chi connectivity index (χ0v) is 14.6. The first-order chi connectivity index (χ1) is 12.8. The van der Waals surface area contributed by atoms with Gasteiger partial charge in [0.05, 0.1) is 0 Å². The molecule has 0 atom stereocenters. The van der Waals surface area contributed by atoms with Crippen LogP contribution in [0, 0.1) is 5.82 Å². The standard InChI is InChI=1S/C21H15FN2OS/c22-19-9-5-4-8-18(19)21-24-23-20(26-21)14-25-17-12-10-16(11-13-17)15-6-2-1-3-7-15/h1-13H,14H2. The predicted octanol–water partition coefficient (Wildman–Crippen LogP) is 5.59. The predicted molar refractivity (Wildman–Crippen MR) is 102 cm³/mol. The first-order valence-electron chi connectivity index (χ1n) is 8.15. The second-order valence-corrected chi connectivity index (χ2v) is 6.72. The summed E-state index contributed by atoms with van der Waals surface area (Å²) < 4.78 is 19.6. The molecular weight excluding hydrogens is 347 g/mol. The lowest BCUT2D eigenvalue weighted by Crippen LogP contribution is -1.94. The van der Waals surface area contributed by atoms with Crippen LogP contribution in [0.2, 0.25) is 0 Å². The molecule has 0 aliphatic rings. The average molecular weight is 362 g/mol. The van der Waals surface area contributed by atoms with Crippen molar-refractivity contribution < 1.29 is 9.13 Å². The zero-order valence-electron chi connectivity index (χ0n) is 13.8. The number of benzene rings is 3. The summed E-state index contributed by atoms with van der Waals surface area (Å²) in [5, 5.41) is 9.41. The molecule has 3 aromatic carbocycles. The third-order valence-electron chi connectivity index (χ3n) is 3.89. The van der Waals surface area contributed by atoms with Gasteiger partial charge in [-0.2, -0.15) is 0 Å². The summed E-state index contributed by atoms with van der Waals surface area (Å²) in [5.74, 6) is 0.458. The first-order valence-corrected chi connectivity index (χ1v) is 8.97. The van der Waals surface area contributed by atoms with Crippen LogP contribution in [0.25, 0.3) is 21.7 Å². The molecule has 0 spiro atoms. The van der Waals surface area contributed by atoms with Crippen molar-refractivity contribution in [2.24, 2.45) is 0 Å². The van der Waals surface area contributed by atoms with Gasteiger partial charge >= 0.3 is 0 Å². The lowest BCUT2D eigenvalue weighted by Gasteiger charge is -2.05. The van der Waals surface area contributed by atoms with Crippen molar-refractivity contribution in [1.29, 1.82) is 0 Å². The van der Waals surface area contributed by atoms with Crippen molar-refractivity contribution in [2.75, 3.05) is 0 Å². The third kappa shape index (κ3) is 3.63. The van der Waals surface area contributed by atoms with E-state index in [1.54, 1.807) is 18.2 Å². The van der Waals surface area contributed by atoms with Gasteiger partial charge in [-0.05, 0) is 35.4 Å². The van der Waals surface area contributed by atoms with Crippen molar-refractivity contribution in [3.05, 3.63) is 89.7 Å². The molecule has 0 radical (unpaired) electrons. The molecule has 5 heteroatoms. The van der Waals surface area contributed by atoms with Gasteiger partial charge < -0.3 is 4.74 Å². The van der Waals surface area contributed by atoms with Crippen molar-refractivity contribution in [3.63, 3.8) is 0 Å². The Balaban J connectivity index is 1.43. The van der Waals surface area contributed by atoms with Crippen LogP contribution >= 0.6 is 11.3 Å². The van der Waals surface area contributed by atoms with Crippen LogP contribution < -0.4 is 4.74 Å². The highest BCUT2D eigenvalue weighted by molar-refractivity contribution is 7.14. The van der Waals surface area contributed by atoms with E-state index in [1.807, 2.05) is 42.5 Å². The molecule has 0 bridgehead atoms. The van der Waals surface area contributed by atoms with Gasteiger partial charge in [-0.3, -0.25) is 0 Å². The van der Waals surface area contributed by atoms with Crippen LogP contribution in [0.15, 0.2) is 78.9 Å². The number of ether oxygens (including phenoxy) is 1. The van der Waals surface area contributed by atoms with Crippen molar-refractivity contribution in [2.45, 2.75) is 6.61 Å². The Morgan fingerprint density at radius 1 is 0.769 bits per heavy atom. The number of aromatic nitrogens is 2. The second kappa shape index (κ2) is 7.45. The molecule has 26 heavy (non-hydrogen) atoms. The van der Waals surface area contributed by atoms with Gasteiger partial charge in [0.25, 0.3) is 0 Å². The Hall–Kier alpha value is -3.05. The van der Waals surface area contributed by atoms with Crippen LogP contribution in [0.4, 0.5) is 4.39 Å². The molecule has 0 aliphatic heterocycles. The monoisotopic (exact) mass is 362 g/mol. The number of rotatable bonds is 5. The average Bonchev–Trinajstić information content (AvgIpc) is 3.17. The Kier molecular flexibility index (Phi) is 4.71. The van der Waals surface area contributed by atoms with Gasteiger partial charge in [-0.1, -0.05) is 65.9 Å². The van der Waals surface area contributed by atoms with Crippen LogP contribution in [-0.4, -0.2) is 10.2 Å². The Bertz CT molecular complexity index is 1000. The summed E-state index contributed by atoms with van der Waals surface area (Å²) in [4.78, 5) is 0. The normalized spacial score (nSPS) is 10.7. The molecule has 0 aliphatic carbocycles. The Morgan fingerprint density at radius 2 is 1.46 bits per heavy atom. The van der Waals surface area contributed by atoms with Crippen LogP contribution in [0.3, 0.4) is 0 Å². The number of hydrogen-bond donors (Lipinski definition) is 0. The molecule has 1 heterocycles. The maximum atomic E-state index is 13.8. The summed E-state index contributed by atoms with van der Waals surface area (Å²) >= 11 is 1.33. The van der Waals surface area contributed by atoms with Crippen LogP contribution in [0.1, 0.15) is 5.01 Å². The molecule has 3 nitrogen and oxygen atoms in total. The molecule has 0 N–H and O–H groups in total. The minimum absolute atomic E-state index is 0.299. The fourth-order valence-corrected chi connectivity index (χ4v) is 3.35. The van der Waals surface area contributed by atoms with Gasteiger partial charge in [-0.25, -0.2) is 4.39 Å². The van der Waals surface area contributed by atoms with E-state index in [-0.39, 0.29) is 5.82 Å². The van der Waals surface area contributed by atoms with Gasteiger partial charge in [0, 0.05) is 5.56 Å². The van der Waals surface area contributed by atoms with E-state index in [4.69, 9.17) is 4.74 Å². The molecule has 128 valence electrons. The highest BCUT2D eigenvalue weighted by Gasteiger charge is 2.11. The zero-order chi connectivity index (χ0) is 17.8. The maximum absolute atomic E-state index is 13.8. The van der Waals surface area contributed by atoms with Gasteiger partial charge in [0.15, 0.2) is 10.0 Å². The summed E-state index contributed by atoms with van der Waals surface area (Å²) in [5.41, 5.74) is 2.76. The molecular formula is C21H15FN2OS. The smallest absolute Gasteiger partial charge is 0.155 e. The van der Waals surface area contributed by atoms with Gasteiger partial charge in [0.1, 0.15) is 18.2 Å². The van der Waals surface area contributed by atoms with Crippen molar-refractivity contribution in [1.82, 2.24) is 10.2 Å². The van der Waals surface area contributed by atoms with E-state index in [9.17, 15) is 4.39 Å². The molecule has 0 unspecified atom stereocenters. The second-order valence-electron chi connectivity index (χ2n) is 5.66. The number of hydrogen-bond acceptors (Lipinski definition) is 4. The Morgan fingerprint density at radius 3 is 2.23 bits per heavy atom. The third-order valence-corrected chi connectivity index (χ3v) is 4.82. The minimum atomic E-state index is -0.299. The molecule has 4 aromatic rings. The topological polar surface area (TPSA) is 35.0 Å². The maximum Gasteiger partial charge on any atom is 0.155 e.